The molecule has 2 aromatic heterocycles. The first-order chi connectivity index (χ1) is 8.22. The summed E-state index contributed by atoms with van der Waals surface area (Å²) in [6.45, 7) is 3.96. The molecule has 0 aliphatic rings. The van der Waals surface area contributed by atoms with E-state index >= 15 is 0 Å². The summed E-state index contributed by atoms with van der Waals surface area (Å²) >= 11 is 1.34. The van der Waals surface area contributed by atoms with Gasteiger partial charge in [0.05, 0.1) is 18.2 Å². The standard InChI is InChI=1S/C10H12N4O2S/c1-3-16-10(15)6(2)17-9-7-4-13-14-8(7)11-5-12-9/h4-6H,3H2,1-2H3,(H,11,12,13,14)/t6-/m0/s1. The molecule has 0 saturated heterocycles. The largest absolute Gasteiger partial charge is 0.465 e. The van der Waals surface area contributed by atoms with Gasteiger partial charge in [-0.15, -0.1) is 0 Å². The van der Waals surface area contributed by atoms with E-state index in [1.165, 1.54) is 18.1 Å². The average Bonchev–Trinajstić information content (AvgIpc) is 2.78. The minimum absolute atomic E-state index is 0.243. The summed E-state index contributed by atoms with van der Waals surface area (Å²) in [5, 5.41) is 7.89. The number of nitrogens with zero attached hydrogens (tertiary/aromatic N) is 3. The van der Waals surface area contributed by atoms with Crippen LogP contribution in [0.3, 0.4) is 0 Å². The second-order valence-electron chi connectivity index (χ2n) is 3.32. The molecule has 0 saturated carbocycles. The van der Waals surface area contributed by atoms with Gasteiger partial charge in [-0.25, -0.2) is 9.97 Å². The first-order valence-corrected chi connectivity index (χ1v) is 6.07. The summed E-state index contributed by atoms with van der Waals surface area (Å²) in [6.07, 6.45) is 3.09. The van der Waals surface area contributed by atoms with Crippen molar-refractivity contribution in [2.24, 2.45) is 0 Å². The highest BCUT2D eigenvalue weighted by Crippen LogP contribution is 2.27. The fourth-order valence-electron chi connectivity index (χ4n) is 1.31. The molecular formula is C10H12N4O2S. The van der Waals surface area contributed by atoms with Crippen LogP contribution >= 0.6 is 11.8 Å². The monoisotopic (exact) mass is 252 g/mol. The van der Waals surface area contributed by atoms with E-state index in [1.807, 2.05) is 0 Å². The Hall–Kier alpha value is -1.63. The molecule has 1 atom stereocenters. The maximum absolute atomic E-state index is 11.5. The number of hydrogen-bond donors (Lipinski definition) is 1. The molecule has 0 aliphatic heterocycles. The van der Waals surface area contributed by atoms with Gasteiger partial charge in [0, 0.05) is 0 Å². The predicted molar refractivity (Wildman–Crippen MR) is 63.6 cm³/mol. The zero-order valence-electron chi connectivity index (χ0n) is 9.51. The highest BCUT2D eigenvalue weighted by Gasteiger charge is 2.18. The molecule has 17 heavy (non-hydrogen) atoms. The lowest BCUT2D eigenvalue weighted by Crippen LogP contribution is -2.16. The second-order valence-corrected chi connectivity index (χ2v) is 4.65. The molecule has 0 fully saturated rings. The molecule has 0 aliphatic carbocycles. The second kappa shape index (κ2) is 5.13. The number of hydrogen-bond acceptors (Lipinski definition) is 6. The Morgan fingerprint density at radius 1 is 1.59 bits per heavy atom. The molecule has 7 heteroatoms. The van der Waals surface area contributed by atoms with E-state index < -0.39 is 0 Å². The number of thioether (sulfide) groups is 1. The quantitative estimate of drug-likeness (QED) is 0.503. The van der Waals surface area contributed by atoms with E-state index in [0.717, 1.165) is 10.4 Å². The molecule has 0 aromatic carbocycles. The Morgan fingerprint density at radius 2 is 2.41 bits per heavy atom. The summed E-state index contributed by atoms with van der Waals surface area (Å²) in [6, 6.07) is 0. The van der Waals surface area contributed by atoms with Crippen molar-refractivity contribution in [3.63, 3.8) is 0 Å². The van der Waals surface area contributed by atoms with Crippen LogP contribution in [0.4, 0.5) is 0 Å². The van der Waals surface area contributed by atoms with Crippen LogP contribution in [0.15, 0.2) is 17.6 Å². The number of carbonyl (C=O) groups is 1. The van der Waals surface area contributed by atoms with E-state index in [1.54, 1.807) is 20.0 Å². The zero-order valence-corrected chi connectivity index (χ0v) is 10.3. The molecule has 2 heterocycles. The van der Waals surface area contributed by atoms with Crippen LogP contribution in [-0.4, -0.2) is 38.0 Å². The number of esters is 1. The normalized spacial score (nSPS) is 12.6. The summed E-state index contributed by atoms with van der Waals surface area (Å²) < 4.78 is 4.94. The van der Waals surface area contributed by atoms with Gasteiger partial charge in [0.25, 0.3) is 0 Å². The Kier molecular flexibility index (Phi) is 3.58. The number of rotatable bonds is 4. The number of nitrogens with one attached hydrogen (secondary N) is 1. The minimum atomic E-state index is -0.303. The van der Waals surface area contributed by atoms with Crippen molar-refractivity contribution < 1.29 is 9.53 Å². The Bertz CT molecular complexity index is 528. The Morgan fingerprint density at radius 3 is 3.18 bits per heavy atom. The predicted octanol–water partition coefficient (Wildman–Crippen LogP) is 1.40. The maximum atomic E-state index is 11.5. The molecule has 6 nitrogen and oxygen atoms in total. The van der Waals surface area contributed by atoms with E-state index in [2.05, 4.69) is 20.2 Å². The fraction of sp³-hybridized carbons (Fsp3) is 0.400. The summed E-state index contributed by atoms with van der Waals surface area (Å²) in [5.41, 5.74) is 0.665. The van der Waals surface area contributed by atoms with Crippen LogP contribution in [0, 0.1) is 0 Å². The zero-order chi connectivity index (χ0) is 12.3. The van der Waals surface area contributed by atoms with Gasteiger partial charge in [0.15, 0.2) is 5.65 Å². The Labute approximate surface area is 102 Å². The third-order valence-electron chi connectivity index (χ3n) is 2.12. The summed E-state index contributed by atoms with van der Waals surface area (Å²) in [4.78, 5) is 19.7. The molecule has 0 spiro atoms. The van der Waals surface area contributed by atoms with Gasteiger partial charge in [0.1, 0.15) is 16.6 Å². The van der Waals surface area contributed by atoms with Crippen molar-refractivity contribution in [3.8, 4) is 0 Å². The third kappa shape index (κ3) is 2.55. The minimum Gasteiger partial charge on any atom is -0.465 e. The maximum Gasteiger partial charge on any atom is 0.319 e. The van der Waals surface area contributed by atoms with Crippen molar-refractivity contribution in [3.05, 3.63) is 12.5 Å². The lowest BCUT2D eigenvalue weighted by Gasteiger charge is -2.09. The summed E-state index contributed by atoms with van der Waals surface area (Å²) in [5.74, 6) is -0.243. The lowest BCUT2D eigenvalue weighted by atomic mass is 10.4. The highest BCUT2D eigenvalue weighted by molar-refractivity contribution is 8.00. The van der Waals surface area contributed by atoms with Gasteiger partial charge < -0.3 is 4.74 Å². The molecule has 90 valence electrons. The molecular weight excluding hydrogens is 240 g/mol. The molecule has 2 aromatic rings. The van der Waals surface area contributed by atoms with Gasteiger partial charge in [-0.2, -0.15) is 5.10 Å². The number of aromatic amines is 1. The van der Waals surface area contributed by atoms with Gasteiger partial charge in [-0.3, -0.25) is 9.89 Å². The van der Waals surface area contributed by atoms with Crippen LogP contribution in [-0.2, 0) is 9.53 Å². The average molecular weight is 252 g/mol. The van der Waals surface area contributed by atoms with E-state index in [4.69, 9.17) is 4.74 Å². The van der Waals surface area contributed by atoms with E-state index in [-0.39, 0.29) is 11.2 Å². The van der Waals surface area contributed by atoms with Gasteiger partial charge >= 0.3 is 5.97 Å². The number of ether oxygens (including phenoxy) is 1. The number of H-pyrrole nitrogens is 1. The molecule has 2 rings (SSSR count). The van der Waals surface area contributed by atoms with Crippen LogP contribution in [0.25, 0.3) is 11.0 Å². The molecule has 1 N–H and O–H groups in total. The first-order valence-electron chi connectivity index (χ1n) is 5.19. The highest BCUT2D eigenvalue weighted by atomic mass is 32.2. The van der Waals surface area contributed by atoms with E-state index in [0.29, 0.717) is 12.3 Å². The van der Waals surface area contributed by atoms with E-state index in [9.17, 15) is 4.79 Å². The van der Waals surface area contributed by atoms with Crippen LogP contribution in [0.5, 0.6) is 0 Å². The van der Waals surface area contributed by atoms with Crippen molar-refractivity contribution in [2.75, 3.05) is 6.61 Å². The third-order valence-corrected chi connectivity index (χ3v) is 3.21. The molecule has 0 bridgehead atoms. The van der Waals surface area contributed by atoms with Crippen LogP contribution in [0.1, 0.15) is 13.8 Å². The van der Waals surface area contributed by atoms with Crippen molar-refractivity contribution in [1.29, 1.82) is 0 Å². The number of carbonyl (C=O) groups excluding carboxylic acids is 1. The van der Waals surface area contributed by atoms with Crippen LogP contribution in [0.2, 0.25) is 0 Å². The van der Waals surface area contributed by atoms with Crippen molar-refractivity contribution >= 4 is 28.8 Å². The molecule has 0 radical (unpaired) electrons. The van der Waals surface area contributed by atoms with Crippen LogP contribution < -0.4 is 0 Å². The van der Waals surface area contributed by atoms with Gasteiger partial charge in [-0.05, 0) is 13.8 Å². The number of fused-ring (bicyclic) bond motifs is 1. The van der Waals surface area contributed by atoms with Gasteiger partial charge in [-0.1, -0.05) is 11.8 Å². The fourth-order valence-corrected chi connectivity index (χ4v) is 2.20. The summed E-state index contributed by atoms with van der Waals surface area (Å²) in [7, 11) is 0. The van der Waals surface area contributed by atoms with Gasteiger partial charge in [0.2, 0.25) is 0 Å². The molecule has 0 amide bonds. The van der Waals surface area contributed by atoms with Crippen molar-refractivity contribution in [1.82, 2.24) is 20.2 Å². The lowest BCUT2D eigenvalue weighted by molar-refractivity contribution is -0.142. The Balaban J connectivity index is 2.18. The van der Waals surface area contributed by atoms with Crippen molar-refractivity contribution in [2.45, 2.75) is 24.1 Å². The smallest absolute Gasteiger partial charge is 0.319 e. The number of aromatic nitrogens is 4. The SMILES string of the molecule is CCOC(=O)[C@H](C)Sc1ncnc2[nH]ncc12. The molecule has 0 unspecified atom stereocenters. The first kappa shape index (κ1) is 11.8. The topological polar surface area (TPSA) is 80.8 Å².